The van der Waals surface area contributed by atoms with Crippen molar-refractivity contribution >= 4 is 46.4 Å². The van der Waals surface area contributed by atoms with E-state index < -0.39 is 17.6 Å². The number of hydrogen-bond acceptors (Lipinski definition) is 10. The first-order valence-electron chi connectivity index (χ1n) is 17.7. The number of amides is 1. The largest absolute Gasteiger partial charge is 0.504 e. The number of anilines is 2. The minimum atomic E-state index is -0.966. The third-order valence-corrected chi connectivity index (χ3v) is 9.99. The number of carbonyl (C=O) groups is 2. The molecule has 282 valence electrons. The second-order valence-electron chi connectivity index (χ2n) is 12.5. The van der Waals surface area contributed by atoms with Crippen LogP contribution in [0.4, 0.5) is 11.4 Å². The van der Waals surface area contributed by atoms with Crippen molar-refractivity contribution < 1.29 is 33.6 Å². The summed E-state index contributed by atoms with van der Waals surface area (Å²) in [5.74, 6) is -0.133. The molecule has 1 atom stereocenters. The molecule has 0 saturated carbocycles. The minimum Gasteiger partial charge on any atom is -0.504 e. The van der Waals surface area contributed by atoms with Gasteiger partial charge in [0.1, 0.15) is 0 Å². The van der Waals surface area contributed by atoms with Crippen molar-refractivity contribution in [3.05, 3.63) is 169 Å². The molecule has 7 rings (SSSR count). The summed E-state index contributed by atoms with van der Waals surface area (Å²) >= 11 is 1.16. The van der Waals surface area contributed by atoms with Gasteiger partial charge in [-0.3, -0.25) is 19.1 Å². The van der Waals surface area contributed by atoms with Crippen LogP contribution in [0.25, 0.3) is 11.8 Å². The van der Waals surface area contributed by atoms with Crippen molar-refractivity contribution in [3.63, 3.8) is 0 Å². The second-order valence-corrected chi connectivity index (χ2v) is 13.5. The highest BCUT2D eigenvalue weighted by Gasteiger charge is 2.35. The predicted octanol–water partition coefficient (Wildman–Crippen LogP) is 6.40. The van der Waals surface area contributed by atoms with Crippen LogP contribution in [-0.4, -0.2) is 49.0 Å². The summed E-state index contributed by atoms with van der Waals surface area (Å²) in [5.41, 5.74) is 3.34. The van der Waals surface area contributed by atoms with Crippen LogP contribution in [0.2, 0.25) is 0 Å². The van der Waals surface area contributed by atoms with Gasteiger partial charge in [0.2, 0.25) is 0 Å². The fraction of sp³-hybridized carbons (Fsp3) is 0.136. The molecule has 1 aliphatic rings. The molecular weight excluding hydrogens is 731 g/mol. The molecule has 0 fully saturated rings. The molecular formula is C44H37N3O8S. The smallest absolute Gasteiger partial charge is 0.338 e. The molecule has 2 heterocycles. The lowest BCUT2D eigenvalue weighted by Crippen LogP contribution is -2.40. The average molecular weight is 768 g/mol. The number of aromatic nitrogens is 1. The van der Waals surface area contributed by atoms with Crippen molar-refractivity contribution in [1.82, 2.24) is 4.57 Å². The van der Waals surface area contributed by atoms with Crippen molar-refractivity contribution in [2.75, 3.05) is 32.3 Å². The van der Waals surface area contributed by atoms with Gasteiger partial charge >= 0.3 is 5.97 Å². The van der Waals surface area contributed by atoms with Gasteiger partial charge in [0.15, 0.2) is 34.4 Å². The first kappa shape index (κ1) is 37.4. The van der Waals surface area contributed by atoms with Crippen molar-refractivity contribution in [2.45, 2.75) is 13.0 Å². The molecule has 0 saturated heterocycles. The van der Waals surface area contributed by atoms with Crippen LogP contribution < -0.4 is 34.0 Å². The Hall–Kier alpha value is -6.92. The minimum absolute atomic E-state index is 0.0935. The Kier molecular flexibility index (Phi) is 11.1. The first-order valence-corrected chi connectivity index (χ1v) is 18.5. The summed E-state index contributed by atoms with van der Waals surface area (Å²) in [7, 11) is 2.92. The molecule has 6 aromatic rings. The van der Waals surface area contributed by atoms with Gasteiger partial charge in [-0.15, -0.1) is 0 Å². The van der Waals surface area contributed by atoms with Gasteiger partial charge in [-0.05, 0) is 72.7 Å². The molecule has 1 N–H and O–H groups in total. The Morgan fingerprint density at radius 1 is 0.821 bits per heavy atom. The van der Waals surface area contributed by atoms with E-state index in [0.29, 0.717) is 54.6 Å². The molecule has 11 nitrogen and oxygen atoms in total. The van der Waals surface area contributed by atoms with Crippen molar-refractivity contribution in [2.24, 2.45) is 4.99 Å². The maximum absolute atomic E-state index is 14.4. The highest BCUT2D eigenvalue weighted by molar-refractivity contribution is 7.07. The van der Waals surface area contributed by atoms with E-state index in [4.69, 9.17) is 23.9 Å². The van der Waals surface area contributed by atoms with Crippen LogP contribution >= 0.6 is 11.3 Å². The van der Waals surface area contributed by atoms with Crippen LogP contribution in [0.15, 0.2) is 143 Å². The van der Waals surface area contributed by atoms with E-state index in [1.807, 2.05) is 91.0 Å². The zero-order valence-electron chi connectivity index (χ0n) is 30.7. The van der Waals surface area contributed by atoms with E-state index in [1.165, 1.54) is 24.9 Å². The number of phenolic OH excluding ortho intramolecular Hbond substituents is 1. The lowest BCUT2D eigenvalue weighted by atomic mass is 9.93. The van der Waals surface area contributed by atoms with Gasteiger partial charge in [0, 0.05) is 16.9 Å². The fourth-order valence-electron chi connectivity index (χ4n) is 6.46. The molecule has 1 unspecified atom stereocenters. The van der Waals surface area contributed by atoms with E-state index in [2.05, 4.69) is 0 Å². The van der Waals surface area contributed by atoms with Crippen molar-refractivity contribution in [1.29, 1.82) is 0 Å². The van der Waals surface area contributed by atoms with Crippen LogP contribution in [0.5, 0.6) is 23.0 Å². The lowest BCUT2D eigenvalue weighted by molar-refractivity contribution is -0.138. The molecule has 1 amide bonds. The fourth-order valence-corrected chi connectivity index (χ4v) is 7.46. The third-order valence-electron chi connectivity index (χ3n) is 9.01. The number of nitrogens with zero attached hydrogens (tertiary/aromatic N) is 3. The van der Waals surface area contributed by atoms with E-state index >= 15 is 0 Å². The van der Waals surface area contributed by atoms with Crippen LogP contribution in [0.3, 0.4) is 0 Å². The number of benzene rings is 5. The highest BCUT2D eigenvalue weighted by atomic mass is 32.1. The van der Waals surface area contributed by atoms with Gasteiger partial charge < -0.3 is 24.1 Å². The maximum Gasteiger partial charge on any atom is 0.338 e. The molecule has 56 heavy (non-hydrogen) atoms. The number of thiazole rings is 1. The lowest BCUT2D eigenvalue weighted by Gasteiger charge is -2.26. The zero-order chi connectivity index (χ0) is 39.2. The average Bonchev–Trinajstić information content (AvgIpc) is 3.54. The Morgan fingerprint density at radius 2 is 1.46 bits per heavy atom. The van der Waals surface area contributed by atoms with Crippen LogP contribution in [0, 0.1) is 0 Å². The monoisotopic (exact) mass is 767 g/mol. The summed E-state index contributed by atoms with van der Waals surface area (Å²) in [6, 6.07) is 36.8. The molecule has 0 aliphatic carbocycles. The molecule has 12 heteroatoms. The van der Waals surface area contributed by atoms with E-state index in [9.17, 15) is 19.5 Å². The summed E-state index contributed by atoms with van der Waals surface area (Å²) in [6.07, 6.45) is 1.71. The standard InChI is InChI=1S/C44H37N3O8S/c1-4-54-43(51)39-40(29-14-8-5-9-15-29)45-44-47(41(39)30-21-22-33(48)35(26-30)52-2)42(50)37(56-44)25-28-20-23-34(36(24-28)53-3)55-27-38(49)46(31-16-10-6-11-17-31)32-18-12-7-13-19-32/h5-26,41,48H,4,27H2,1-3H3/b37-25+. The predicted molar refractivity (Wildman–Crippen MR) is 214 cm³/mol. The Morgan fingerprint density at radius 3 is 2.09 bits per heavy atom. The summed E-state index contributed by atoms with van der Waals surface area (Å²) in [6.45, 7) is 1.54. The summed E-state index contributed by atoms with van der Waals surface area (Å²) in [5, 5.41) is 10.4. The van der Waals surface area contributed by atoms with Gasteiger partial charge in [-0.2, -0.15) is 0 Å². The van der Waals surface area contributed by atoms with Crippen molar-refractivity contribution in [3.8, 4) is 23.0 Å². The molecule has 1 aromatic heterocycles. The van der Waals surface area contributed by atoms with E-state index in [1.54, 1.807) is 48.2 Å². The van der Waals surface area contributed by atoms with E-state index in [0.717, 1.165) is 11.3 Å². The molecule has 0 bridgehead atoms. The third kappa shape index (κ3) is 7.55. The number of rotatable bonds is 12. The second kappa shape index (κ2) is 16.6. The number of ether oxygens (including phenoxy) is 4. The van der Waals surface area contributed by atoms with Crippen LogP contribution in [-0.2, 0) is 14.3 Å². The van der Waals surface area contributed by atoms with Crippen LogP contribution in [0.1, 0.15) is 29.7 Å². The summed E-state index contributed by atoms with van der Waals surface area (Å²) < 4.78 is 24.4. The van der Waals surface area contributed by atoms with Gasteiger partial charge in [-0.1, -0.05) is 90.2 Å². The molecule has 0 spiro atoms. The molecule has 5 aromatic carbocycles. The number of carbonyl (C=O) groups excluding carboxylic acids is 2. The number of methoxy groups -OCH3 is 2. The normalized spacial score (nSPS) is 13.7. The Bertz CT molecular complexity index is 2560. The topological polar surface area (TPSA) is 129 Å². The SMILES string of the molecule is CCOC(=O)C1=C(c2ccccc2)N=c2s/c(=C/c3ccc(OCC(=O)N(c4ccccc4)c4ccccc4)c(OC)c3)c(=O)n2C1c1ccc(O)c(OC)c1. The Balaban J connectivity index is 1.27. The Labute approximate surface area is 326 Å². The zero-order valence-corrected chi connectivity index (χ0v) is 31.6. The summed E-state index contributed by atoms with van der Waals surface area (Å²) in [4.78, 5) is 48.7. The molecule has 1 aliphatic heterocycles. The first-order chi connectivity index (χ1) is 27.3. The van der Waals surface area contributed by atoms with Gasteiger partial charge in [0.25, 0.3) is 11.5 Å². The van der Waals surface area contributed by atoms with Gasteiger partial charge in [0.05, 0.1) is 42.7 Å². The maximum atomic E-state index is 14.4. The number of phenols is 1. The number of para-hydroxylation sites is 2. The number of fused-ring (bicyclic) bond motifs is 1. The molecule has 0 radical (unpaired) electrons. The number of hydrogen-bond donors (Lipinski definition) is 1. The number of aromatic hydroxyl groups is 1. The number of esters is 1. The highest BCUT2D eigenvalue weighted by Crippen LogP contribution is 2.38. The quantitative estimate of drug-likeness (QED) is 0.142. The van der Waals surface area contributed by atoms with Gasteiger partial charge in [-0.25, -0.2) is 9.79 Å². The van der Waals surface area contributed by atoms with E-state index in [-0.39, 0.29) is 36.2 Å².